The van der Waals surface area contributed by atoms with Crippen molar-refractivity contribution in [2.75, 3.05) is 19.8 Å². The van der Waals surface area contributed by atoms with Gasteiger partial charge >= 0.3 is 0 Å². The van der Waals surface area contributed by atoms with Gasteiger partial charge in [-0.15, -0.1) is 0 Å². The van der Waals surface area contributed by atoms with Gasteiger partial charge in [0.05, 0.1) is 6.61 Å². The van der Waals surface area contributed by atoms with Crippen molar-refractivity contribution in [3.8, 4) is 5.75 Å². The number of benzene rings is 1. The average molecular weight is 249 g/mol. The maximum Gasteiger partial charge on any atom is 0.119 e. The van der Waals surface area contributed by atoms with Gasteiger partial charge < -0.3 is 15.2 Å². The van der Waals surface area contributed by atoms with Crippen molar-refractivity contribution >= 4 is 0 Å². The molecule has 0 aromatic heterocycles. The summed E-state index contributed by atoms with van der Waals surface area (Å²) in [5.41, 5.74) is 7.43. The number of ether oxygens (including phenoxy) is 2. The second-order valence-electron chi connectivity index (χ2n) is 5.07. The molecular weight excluding hydrogens is 226 g/mol. The first kappa shape index (κ1) is 13.4. The van der Waals surface area contributed by atoms with Crippen LogP contribution in [0.15, 0.2) is 24.3 Å². The van der Waals surface area contributed by atoms with Crippen LogP contribution in [0.4, 0.5) is 0 Å². The van der Waals surface area contributed by atoms with Gasteiger partial charge in [0.1, 0.15) is 5.75 Å². The van der Waals surface area contributed by atoms with E-state index in [1.807, 2.05) is 12.1 Å². The highest BCUT2D eigenvalue weighted by atomic mass is 16.5. The van der Waals surface area contributed by atoms with Crippen molar-refractivity contribution in [3.63, 3.8) is 0 Å². The predicted molar refractivity (Wildman–Crippen MR) is 72.8 cm³/mol. The van der Waals surface area contributed by atoms with E-state index in [1.54, 1.807) is 0 Å². The monoisotopic (exact) mass is 249 g/mol. The van der Waals surface area contributed by atoms with E-state index < -0.39 is 0 Å². The molecule has 0 spiro atoms. The summed E-state index contributed by atoms with van der Waals surface area (Å²) in [5.74, 6) is 1.54. The Morgan fingerprint density at radius 3 is 2.89 bits per heavy atom. The Balaban J connectivity index is 1.71. The van der Waals surface area contributed by atoms with Gasteiger partial charge in [-0.25, -0.2) is 0 Å². The van der Waals surface area contributed by atoms with E-state index in [0.29, 0.717) is 12.5 Å². The maximum atomic E-state index is 6.21. The summed E-state index contributed by atoms with van der Waals surface area (Å²) in [7, 11) is 0. The van der Waals surface area contributed by atoms with E-state index in [1.165, 1.54) is 5.56 Å². The van der Waals surface area contributed by atoms with E-state index >= 15 is 0 Å². The zero-order valence-corrected chi connectivity index (χ0v) is 11.1. The summed E-state index contributed by atoms with van der Waals surface area (Å²) < 4.78 is 11.1. The number of rotatable bonds is 5. The average Bonchev–Trinajstić information content (AvgIpc) is 2.40. The molecule has 1 unspecified atom stereocenters. The number of aryl methyl sites for hydroxylation is 1. The standard InChI is InChI=1S/C15H23NO2/c1-12-3-2-4-14(11-12)18-10-7-15(16)13-5-8-17-9-6-13/h2-4,11,13,15H,5-10,16H2,1H3. The van der Waals surface area contributed by atoms with Crippen LogP contribution in [0.2, 0.25) is 0 Å². The van der Waals surface area contributed by atoms with E-state index in [0.717, 1.165) is 38.2 Å². The molecule has 0 bridgehead atoms. The molecule has 1 aliphatic rings. The van der Waals surface area contributed by atoms with Crippen molar-refractivity contribution in [1.82, 2.24) is 0 Å². The molecule has 1 saturated heterocycles. The predicted octanol–water partition coefficient (Wildman–Crippen LogP) is 2.52. The highest BCUT2D eigenvalue weighted by Gasteiger charge is 2.20. The van der Waals surface area contributed by atoms with Crippen LogP contribution in [0.1, 0.15) is 24.8 Å². The second-order valence-corrected chi connectivity index (χ2v) is 5.07. The van der Waals surface area contributed by atoms with Crippen LogP contribution in [0.5, 0.6) is 5.75 Å². The highest BCUT2D eigenvalue weighted by Crippen LogP contribution is 2.20. The van der Waals surface area contributed by atoms with Gasteiger partial charge in [-0.1, -0.05) is 12.1 Å². The number of hydrogen-bond acceptors (Lipinski definition) is 3. The van der Waals surface area contributed by atoms with Crippen LogP contribution in [-0.2, 0) is 4.74 Å². The fourth-order valence-corrected chi connectivity index (χ4v) is 2.40. The quantitative estimate of drug-likeness (QED) is 0.872. The lowest BCUT2D eigenvalue weighted by Crippen LogP contribution is -2.35. The molecule has 1 aromatic rings. The molecule has 2 rings (SSSR count). The molecule has 1 fully saturated rings. The molecule has 0 radical (unpaired) electrons. The van der Waals surface area contributed by atoms with E-state index in [-0.39, 0.29) is 6.04 Å². The summed E-state index contributed by atoms with van der Waals surface area (Å²) >= 11 is 0. The van der Waals surface area contributed by atoms with Crippen molar-refractivity contribution in [1.29, 1.82) is 0 Å². The Hall–Kier alpha value is -1.06. The van der Waals surface area contributed by atoms with Crippen LogP contribution in [0, 0.1) is 12.8 Å². The smallest absolute Gasteiger partial charge is 0.119 e. The van der Waals surface area contributed by atoms with Gasteiger partial charge in [0.25, 0.3) is 0 Å². The maximum absolute atomic E-state index is 6.21. The number of nitrogens with two attached hydrogens (primary N) is 1. The van der Waals surface area contributed by atoms with Gasteiger partial charge in [-0.3, -0.25) is 0 Å². The summed E-state index contributed by atoms with van der Waals surface area (Å²) in [6.07, 6.45) is 3.09. The van der Waals surface area contributed by atoms with Crippen molar-refractivity contribution in [2.24, 2.45) is 11.7 Å². The van der Waals surface area contributed by atoms with Gasteiger partial charge in [-0.05, 0) is 49.8 Å². The Labute approximate surface area is 109 Å². The first-order chi connectivity index (χ1) is 8.75. The third-order valence-corrected chi connectivity index (χ3v) is 3.58. The van der Waals surface area contributed by atoms with Crippen LogP contribution in [-0.4, -0.2) is 25.9 Å². The molecular formula is C15H23NO2. The molecule has 3 nitrogen and oxygen atoms in total. The summed E-state index contributed by atoms with van der Waals surface area (Å²) in [5, 5.41) is 0. The minimum atomic E-state index is 0.235. The molecule has 2 N–H and O–H groups in total. The van der Waals surface area contributed by atoms with Crippen molar-refractivity contribution in [2.45, 2.75) is 32.2 Å². The first-order valence-corrected chi connectivity index (χ1v) is 6.78. The topological polar surface area (TPSA) is 44.5 Å². The van der Waals surface area contributed by atoms with Gasteiger partial charge in [0, 0.05) is 19.3 Å². The molecule has 1 heterocycles. The molecule has 3 heteroatoms. The van der Waals surface area contributed by atoms with E-state index in [9.17, 15) is 0 Å². The van der Waals surface area contributed by atoms with E-state index in [4.69, 9.17) is 15.2 Å². The van der Waals surface area contributed by atoms with Crippen LogP contribution in [0.3, 0.4) is 0 Å². The third-order valence-electron chi connectivity index (χ3n) is 3.58. The summed E-state index contributed by atoms with van der Waals surface area (Å²) in [4.78, 5) is 0. The van der Waals surface area contributed by atoms with Gasteiger partial charge in [-0.2, -0.15) is 0 Å². The second kappa shape index (κ2) is 6.76. The minimum Gasteiger partial charge on any atom is -0.494 e. The highest BCUT2D eigenvalue weighted by molar-refractivity contribution is 5.27. The SMILES string of the molecule is Cc1cccc(OCCC(N)C2CCOCC2)c1. The van der Waals surface area contributed by atoms with Gasteiger partial charge in [0.2, 0.25) is 0 Å². The van der Waals surface area contributed by atoms with Crippen LogP contribution < -0.4 is 10.5 Å². The Morgan fingerprint density at radius 2 is 2.17 bits per heavy atom. The van der Waals surface area contributed by atoms with Crippen molar-refractivity contribution < 1.29 is 9.47 Å². The molecule has 0 amide bonds. The largest absolute Gasteiger partial charge is 0.494 e. The lowest BCUT2D eigenvalue weighted by atomic mass is 9.91. The zero-order chi connectivity index (χ0) is 12.8. The fourth-order valence-electron chi connectivity index (χ4n) is 2.40. The zero-order valence-electron chi connectivity index (χ0n) is 11.1. The summed E-state index contributed by atoms with van der Waals surface area (Å²) in [6.45, 7) is 4.48. The van der Waals surface area contributed by atoms with Crippen LogP contribution in [0.25, 0.3) is 0 Å². The Kier molecular flexibility index (Phi) is 5.02. The lowest BCUT2D eigenvalue weighted by molar-refractivity contribution is 0.0558. The molecule has 0 aliphatic carbocycles. The molecule has 18 heavy (non-hydrogen) atoms. The Bertz CT molecular complexity index is 361. The van der Waals surface area contributed by atoms with Crippen molar-refractivity contribution in [3.05, 3.63) is 29.8 Å². The fraction of sp³-hybridized carbons (Fsp3) is 0.600. The third kappa shape index (κ3) is 4.00. The molecule has 1 aromatic carbocycles. The molecule has 1 aliphatic heterocycles. The van der Waals surface area contributed by atoms with Crippen LogP contribution >= 0.6 is 0 Å². The van der Waals surface area contributed by atoms with Gasteiger partial charge in [0.15, 0.2) is 0 Å². The summed E-state index contributed by atoms with van der Waals surface area (Å²) in [6, 6.07) is 8.37. The first-order valence-electron chi connectivity index (χ1n) is 6.78. The minimum absolute atomic E-state index is 0.235. The molecule has 100 valence electrons. The normalized spacial score (nSPS) is 18.6. The molecule has 1 atom stereocenters. The van der Waals surface area contributed by atoms with E-state index in [2.05, 4.69) is 19.1 Å². The molecule has 0 saturated carbocycles. The lowest BCUT2D eigenvalue weighted by Gasteiger charge is -2.27. The Morgan fingerprint density at radius 1 is 1.39 bits per heavy atom. The number of hydrogen-bond donors (Lipinski definition) is 1.